The van der Waals surface area contributed by atoms with Gasteiger partial charge in [-0.1, -0.05) is 42.5 Å². The summed E-state index contributed by atoms with van der Waals surface area (Å²) in [6, 6.07) is 23.1. The molecule has 3 amide bonds. The van der Waals surface area contributed by atoms with Crippen molar-refractivity contribution >= 4 is 29.1 Å². The standard InChI is InChI=1S/C26H25N3O4/c30-24(18-19-6-2-1-3-7-19)27-21-12-10-20(11-13-21)25(31)28-23-9-5-4-8-22(23)26(32)29-14-16-33-17-15-29/h1-13H,14-18H2,(H,27,30)(H,28,31). The Kier molecular flexibility index (Phi) is 7.12. The molecule has 3 aromatic rings. The van der Waals surface area contributed by atoms with Crippen molar-refractivity contribution in [2.75, 3.05) is 36.9 Å². The van der Waals surface area contributed by atoms with Crippen molar-refractivity contribution in [3.63, 3.8) is 0 Å². The number of rotatable bonds is 6. The van der Waals surface area contributed by atoms with E-state index in [1.807, 2.05) is 30.3 Å². The predicted molar refractivity (Wildman–Crippen MR) is 126 cm³/mol. The molecule has 7 nitrogen and oxygen atoms in total. The minimum absolute atomic E-state index is 0.131. The van der Waals surface area contributed by atoms with Crippen LogP contribution in [0.5, 0.6) is 0 Å². The fraction of sp³-hybridized carbons (Fsp3) is 0.192. The molecular weight excluding hydrogens is 418 g/mol. The van der Waals surface area contributed by atoms with E-state index < -0.39 is 0 Å². The van der Waals surface area contributed by atoms with E-state index in [0.29, 0.717) is 48.8 Å². The van der Waals surface area contributed by atoms with E-state index in [9.17, 15) is 14.4 Å². The summed E-state index contributed by atoms with van der Waals surface area (Å²) in [4.78, 5) is 39.7. The Bertz CT molecular complexity index is 1120. The molecule has 0 aromatic heterocycles. The Morgan fingerprint density at radius 1 is 0.788 bits per heavy atom. The third kappa shape index (κ3) is 5.84. The van der Waals surface area contributed by atoms with Gasteiger partial charge in [-0.05, 0) is 42.0 Å². The Hall–Kier alpha value is -3.97. The lowest BCUT2D eigenvalue weighted by atomic mass is 10.1. The molecule has 1 saturated heterocycles. The average Bonchev–Trinajstić information content (AvgIpc) is 2.85. The number of morpholine rings is 1. The van der Waals surface area contributed by atoms with Crippen molar-refractivity contribution in [1.29, 1.82) is 0 Å². The van der Waals surface area contributed by atoms with Gasteiger partial charge in [-0.3, -0.25) is 14.4 Å². The monoisotopic (exact) mass is 443 g/mol. The minimum Gasteiger partial charge on any atom is -0.378 e. The van der Waals surface area contributed by atoms with Crippen molar-refractivity contribution in [3.05, 3.63) is 95.6 Å². The van der Waals surface area contributed by atoms with Gasteiger partial charge in [0.05, 0.1) is 30.9 Å². The quantitative estimate of drug-likeness (QED) is 0.610. The molecule has 4 rings (SSSR count). The zero-order chi connectivity index (χ0) is 23.0. The molecule has 0 spiro atoms. The van der Waals surface area contributed by atoms with Crippen molar-refractivity contribution in [3.8, 4) is 0 Å². The van der Waals surface area contributed by atoms with Crippen LogP contribution in [-0.2, 0) is 16.0 Å². The summed E-state index contributed by atoms with van der Waals surface area (Å²) in [7, 11) is 0. The van der Waals surface area contributed by atoms with Crippen molar-refractivity contribution in [2.24, 2.45) is 0 Å². The van der Waals surface area contributed by atoms with Gasteiger partial charge in [0.15, 0.2) is 0 Å². The van der Waals surface area contributed by atoms with Crippen LogP contribution in [-0.4, -0.2) is 48.9 Å². The molecule has 2 N–H and O–H groups in total. The molecule has 33 heavy (non-hydrogen) atoms. The highest BCUT2D eigenvalue weighted by molar-refractivity contribution is 6.09. The van der Waals surface area contributed by atoms with Gasteiger partial charge in [-0.25, -0.2) is 0 Å². The van der Waals surface area contributed by atoms with E-state index in [-0.39, 0.29) is 24.1 Å². The topological polar surface area (TPSA) is 87.7 Å². The third-order valence-corrected chi connectivity index (χ3v) is 5.34. The average molecular weight is 444 g/mol. The van der Waals surface area contributed by atoms with Crippen molar-refractivity contribution in [1.82, 2.24) is 4.90 Å². The first-order valence-electron chi connectivity index (χ1n) is 10.8. The van der Waals surface area contributed by atoms with E-state index in [2.05, 4.69) is 10.6 Å². The smallest absolute Gasteiger partial charge is 0.256 e. The molecule has 1 heterocycles. The van der Waals surface area contributed by atoms with E-state index in [1.165, 1.54) is 0 Å². The first-order chi connectivity index (χ1) is 16.1. The van der Waals surface area contributed by atoms with Crippen LogP contribution >= 0.6 is 0 Å². The van der Waals surface area contributed by atoms with Crippen LogP contribution in [0.4, 0.5) is 11.4 Å². The summed E-state index contributed by atoms with van der Waals surface area (Å²) in [6.45, 7) is 2.07. The molecule has 0 atom stereocenters. The predicted octanol–water partition coefficient (Wildman–Crippen LogP) is 3.59. The lowest BCUT2D eigenvalue weighted by molar-refractivity contribution is -0.115. The number of ether oxygens (including phenoxy) is 1. The van der Waals surface area contributed by atoms with Crippen LogP contribution in [0.15, 0.2) is 78.9 Å². The second-order valence-electron chi connectivity index (χ2n) is 7.69. The van der Waals surface area contributed by atoms with E-state index in [0.717, 1.165) is 5.56 Å². The number of nitrogens with zero attached hydrogens (tertiary/aromatic N) is 1. The van der Waals surface area contributed by atoms with Crippen LogP contribution in [0, 0.1) is 0 Å². The molecule has 3 aromatic carbocycles. The van der Waals surface area contributed by atoms with Gasteiger partial charge in [0.25, 0.3) is 11.8 Å². The maximum Gasteiger partial charge on any atom is 0.256 e. The Balaban J connectivity index is 1.39. The fourth-order valence-corrected chi connectivity index (χ4v) is 3.60. The van der Waals surface area contributed by atoms with Crippen LogP contribution in [0.25, 0.3) is 0 Å². The molecule has 0 aliphatic carbocycles. The zero-order valence-corrected chi connectivity index (χ0v) is 18.1. The molecule has 1 fully saturated rings. The molecule has 0 radical (unpaired) electrons. The summed E-state index contributed by atoms with van der Waals surface area (Å²) in [5.74, 6) is -0.598. The largest absolute Gasteiger partial charge is 0.378 e. The van der Waals surface area contributed by atoms with Gasteiger partial charge < -0.3 is 20.3 Å². The van der Waals surface area contributed by atoms with Gasteiger partial charge in [0, 0.05) is 24.3 Å². The molecule has 0 unspecified atom stereocenters. The summed E-state index contributed by atoms with van der Waals surface area (Å²) in [5.41, 5.74) is 2.85. The second-order valence-corrected chi connectivity index (χ2v) is 7.69. The second kappa shape index (κ2) is 10.6. The first-order valence-corrected chi connectivity index (χ1v) is 10.8. The number of para-hydroxylation sites is 1. The Labute approximate surface area is 192 Å². The number of anilines is 2. The number of hydrogen-bond acceptors (Lipinski definition) is 4. The van der Waals surface area contributed by atoms with Gasteiger partial charge in [-0.15, -0.1) is 0 Å². The summed E-state index contributed by atoms with van der Waals surface area (Å²) >= 11 is 0. The van der Waals surface area contributed by atoms with E-state index >= 15 is 0 Å². The van der Waals surface area contributed by atoms with Gasteiger partial charge in [0.1, 0.15) is 0 Å². The van der Waals surface area contributed by atoms with Gasteiger partial charge in [-0.2, -0.15) is 0 Å². The van der Waals surface area contributed by atoms with Crippen molar-refractivity contribution < 1.29 is 19.1 Å². The molecular formula is C26H25N3O4. The van der Waals surface area contributed by atoms with E-state index in [1.54, 1.807) is 53.4 Å². The maximum absolute atomic E-state index is 12.9. The normalized spacial score (nSPS) is 13.3. The number of amides is 3. The molecule has 168 valence electrons. The summed E-state index contributed by atoms with van der Waals surface area (Å²) < 4.78 is 5.31. The van der Waals surface area contributed by atoms with Crippen LogP contribution < -0.4 is 10.6 Å². The zero-order valence-electron chi connectivity index (χ0n) is 18.1. The lowest BCUT2D eigenvalue weighted by Crippen LogP contribution is -2.41. The molecule has 0 saturated carbocycles. The van der Waals surface area contributed by atoms with E-state index in [4.69, 9.17) is 4.74 Å². The lowest BCUT2D eigenvalue weighted by Gasteiger charge is -2.27. The number of carbonyl (C=O) groups is 3. The molecule has 1 aliphatic heterocycles. The highest BCUT2D eigenvalue weighted by atomic mass is 16.5. The number of hydrogen-bond donors (Lipinski definition) is 2. The van der Waals surface area contributed by atoms with Gasteiger partial charge in [0.2, 0.25) is 5.91 Å². The Morgan fingerprint density at radius 2 is 1.45 bits per heavy atom. The third-order valence-electron chi connectivity index (χ3n) is 5.34. The van der Waals surface area contributed by atoms with Crippen LogP contribution in [0.2, 0.25) is 0 Å². The maximum atomic E-state index is 12.9. The first kappa shape index (κ1) is 22.2. The summed E-state index contributed by atoms with van der Waals surface area (Å²) in [6.07, 6.45) is 0.275. The highest BCUT2D eigenvalue weighted by Crippen LogP contribution is 2.20. The molecule has 0 bridgehead atoms. The van der Waals surface area contributed by atoms with Gasteiger partial charge >= 0.3 is 0 Å². The fourth-order valence-electron chi connectivity index (χ4n) is 3.60. The number of benzene rings is 3. The highest BCUT2D eigenvalue weighted by Gasteiger charge is 2.21. The summed E-state index contributed by atoms with van der Waals surface area (Å²) in [5, 5.41) is 5.67. The molecule has 1 aliphatic rings. The number of carbonyl (C=O) groups excluding carboxylic acids is 3. The molecule has 7 heteroatoms. The SMILES string of the molecule is O=C(Cc1ccccc1)Nc1ccc(C(=O)Nc2ccccc2C(=O)N2CCOCC2)cc1. The van der Waals surface area contributed by atoms with Crippen LogP contribution in [0.1, 0.15) is 26.3 Å². The van der Waals surface area contributed by atoms with Crippen LogP contribution in [0.3, 0.4) is 0 Å². The van der Waals surface area contributed by atoms with Crippen molar-refractivity contribution in [2.45, 2.75) is 6.42 Å². The number of nitrogens with one attached hydrogen (secondary N) is 2. The minimum atomic E-state index is -0.334. The Morgan fingerprint density at radius 3 is 2.18 bits per heavy atom.